The first-order chi connectivity index (χ1) is 15.1. The van der Waals surface area contributed by atoms with Crippen LogP contribution in [0.15, 0.2) is 60.7 Å². The van der Waals surface area contributed by atoms with E-state index in [1.165, 1.54) is 4.90 Å². The second kappa shape index (κ2) is 9.44. The molecule has 31 heavy (non-hydrogen) atoms. The van der Waals surface area contributed by atoms with Gasteiger partial charge in [-0.1, -0.05) is 30.3 Å². The number of likely N-dealkylation sites (N-methyl/N-ethyl adjacent to an activating group) is 1. The Morgan fingerprint density at radius 1 is 1.10 bits per heavy atom. The van der Waals surface area contributed by atoms with Gasteiger partial charge < -0.3 is 19.9 Å². The number of benzene rings is 2. The molecule has 0 saturated carbocycles. The van der Waals surface area contributed by atoms with E-state index >= 15 is 0 Å². The number of carbonyl (C=O) groups excluding carboxylic acids is 2. The molecule has 2 aromatic carbocycles. The van der Waals surface area contributed by atoms with E-state index in [1.807, 2.05) is 54.6 Å². The summed E-state index contributed by atoms with van der Waals surface area (Å²) in [6.45, 7) is 3.10. The van der Waals surface area contributed by atoms with Crippen LogP contribution in [0, 0.1) is 0 Å². The molecule has 2 amide bonds. The van der Waals surface area contributed by atoms with Gasteiger partial charge in [0.1, 0.15) is 5.69 Å². The highest BCUT2D eigenvalue weighted by Crippen LogP contribution is 2.20. The predicted molar refractivity (Wildman–Crippen MR) is 119 cm³/mol. The van der Waals surface area contributed by atoms with E-state index in [0.717, 1.165) is 37.6 Å². The molecule has 3 aromatic rings. The number of ether oxygens (including phenoxy) is 1. The van der Waals surface area contributed by atoms with Gasteiger partial charge in [-0.25, -0.2) is 0 Å². The number of hydrogen-bond acceptors (Lipinski definition) is 5. The Balaban J connectivity index is 1.32. The van der Waals surface area contributed by atoms with Crippen LogP contribution >= 0.6 is 0 Å². The molecule has 0 radical (unpaired) electrons. The molecule has 8 heteroatoms. The summed E-state index contributed by atoms with van der Waals surface area (Å²) in [5.41, 5.74) is 3.72. The summed E-state index contributed by atoms with van der Waals surface area (Å²) in [6, 6.07) is 19.0. The molecule has 0 atom stereocenters. The van der Waals surface area contributed by atoms with Gasteiger partial charge in [0.25, 0.3) is 5.91 Å². The number of amides is 2. The first kappa shape index (κ1) is 20.6. The number of morpholine rings is 1. The van der Waals surface area contributed by atoms with Gasteiger partial charge >= 0.3 is 0 Å². The summed E-state index contributed by atoms with van der Waals surface area (Å²) in [6.07, 6.45) is 0. The molecule has 4 rings (SSSR count). The fourth-order valence-corrected chi connectivity index (χ4v) is 3.46. The smallest absolute Gasteiger partial charge is 0.272 e. The molecular weight excluding hydrogens is 394 g/mol. The summed E-state index contributed by atoms with van der Waals surface area (Å²) in [4.78, 5) is 28.7. The van der Waals surface area contributed by atoms with Crippen LogP contribution in [-0.2, 0) is 9.53 Å². The third-order valence-corrected chi connectivity index (χ3v) is 5.13. The number of aromatic nitrogens is 2. The third-order valence-electron chi connectivity index (χ3n) is 5.13. The number of carbonyl (C=O) groups is 2. The molecule has 0 unspecified atom stereocenters. The van der Waals surface area contributed by atoms with Crippen LogP contribution in [0.3, 0.4) is 0 Å². The quantitative estimate of drug-likeness (QED) is 0.641. The number of aromatic amines is 1. The summed E-state index contributed by atoms with van der Waals surface area (Å²) in [7, 11) is 1.59. The minimum absolute atomic E-state index is 0.0657. The third kappa shape index (κ3) is 5.10. The highest BCUT2D eigenvalue weighted by atomic mass is 16.5. The molecule has 2 N–H and O–H groups in total. The van der Waals surface area contributed by atoms with Gasteiger partial charge in [0.15, 0.2) is 0 Å². The average Bonchev–Trinajstić information content (AvgIpc) is 3.30. The zero-order chi connectivity index (χ0) is 21.6. The Morgan fingerprint density at radius 3 is 2.52 bits per heavy atom. The number of rotatable bonds is 6. The fraction of sp³-hybridized carbons (Fsp3) is 0.261. The van der Waals surface area contributed by atoms with E-state index < -0.39 is 0 Å². The Kier molecular flexibility index (Phi) is 6.28. The maximum atomic E-state index is 12.7. The van der Waals surface area contributed by atoms with Crippen molar-refractivity contribution >= 4 is 23.2 Å². The number of H-pyrrole nitrogens is 1. The van der Waals surface area contributed by atoms with Crippen molar-refractivity contribution in [1.82, 2.24) is 15.1 Å². The van der Waals surface area contributed by atoms with Crippen LogP contribution < -0.4 is 10.2 Å². The Morgan fingerprint density at radius 2 is 1.81 bits per heavy atom. The lowest BCUT2D eigenvalue weighted by Gasteiger charge is -2.28. The molecule has 0 bridgehead atoms. The lowest BCUT2D eigenvalue weighted by molar-refractivity contribution is -0.116. The molecule has 8 nitrogen and oxygen atoms in total. The lowest BCUT2D eigenvalue weighted by atomic mass is 10.1. The van der Waals surface area contributed by atoms with Crippen molar-refractivity contribution in [2.45, 2.75) is 0 Å². The number of anilines is 2. The SMILES string of the molecule is CN(CC(=O)Nc1ccc(N2CCOCC2)cc1)C(=O)c1cc(-c2ccccc2)n[nH]1. The van der Waals surface area contributed by atoms with Crippen molar-refractivity contribution in [3.63, 3.8) is 0 Å². The van der Waals surface area contributed by atoms with Gasteiger partial charge in [-0.3, -0.25) is 14.7 Å². The van der Waals surface area contributed by atoms with E-state index in [1.54, 1.807) is 13.1 Å². The van der Waals surface area contributed by atoms with Crippen molar-refractivity contribution in [1.29, 1.82) is 0 Å². The standard InChI is InChI=1S/C23H25N5O3/c1-27(23(30)21-15-20(25-26-21)17-5-3-2-4-6-17)16-22(29)24-18-7-9-19(10-8-18)28-11-13-31-14-12-28/h2-10,15H,11-14,16H2,1H3,(H,24,29)(H,25,26). The number of nitrogens with zero attached hydrogens (tertiary/aromatic N) is 3. The van der Waals surface area contributed by atoms with E-state index in [-0.39, 0.29) is 18.4 Å². The summed E-state index contributed by atoms with van der Waals surface area (Å²) < 4.78 is 5.37. The zero-order valence-corrected chi connectivity index (χ0v) is 17.4. The monoisotopic (exact) mass is 419 g/mol. The molecule has 0 spiro atoms. The van der Waals surface area contributed by atoms with Crippen molar-refractivity contribution in [2.75, 3.05) is 50.1 Å². The van der Waals surface area contributed by atoms with E-state index in [9.17, 15) is 9.59 Å². The van der Waals surface area contributed by atoms with Crippen molar-refractivity contribution in [3.05, 3.63) is 66.4 Å². The van der Waals surface area contributed by atoms with Gasteiger partial charge in [0.05, 0.1) is 25.5 Å². The van der Waals surface area contributed by atoms with Crippen LogP contribution in [0.5, 0.6) is 0 Å². The highest BCUT2D eigenvalue weighted by molar-refractivity contribution is 5.98. The molecule has 1 aliphatic heterocycles. The summed E-state index contributed by atoms with van der Waals surface area (Å²) in [5, 5.41) is 9.80. The second-order valence-electron chi connectivity index (χ2n) is 7.39. The Labute approximate surface area is 180 Å². The van der Waals surface area contributed by atoms with Gasteiger partial charge in [0, 0.05) is 37.1 Å². The van der Waals surface area contributed by atoms with Crippen LogP contribution in [-0.4, -0.2) is 66.8 Å². The number of nitrogens with one attached hydrogen (secondary N) is 2. The van der Waals surface area contributed by atoms with Crippen molar-refractivity contribution < 1.29 is 14.3 Å². The van der Waals surface area contributed by atoms with E-state index in [0.29, 0.717) is 17.1 Å². The van der Waals surface area contributed by atoms with Gasteiger partial charge in [0.2, 0.25) is 5.91 Å². The minimum atomic E-state index is -0.299. The molecule has 1 saturated heterocycles. The maximum Gasteiger partial charge on any atom is 0.272 e. The van der Waals surface area contributed by atoms with Gasteiger partial charge in [-0.15, -0.1) is 0 Å². The van der Waals surface area contributed by atoms with Crippen molar-refractivity contribution in [3.8, 4) is 11.3 Å². The Bertz CT molecular complexity index is 1030. The average molecular weight is 419 g/mol. The van der Waals surface area contributed by atoms with E-state index in [4.69, 9.17) is 4.74 Å². The molecule has 2 heterocycles. The largest absolute Gasteiger partial charge is 0.378 e. The van der Waals surface area contributed by atoms with Gasteiger partial charge in [-0.05, 0) is 30.3 Å². The van der Waals surface area contributed by atoms with Gasteiger partial charge in [-0.2, -0.15) is 5.10 Å². The first-order valence-electron chi connectivity index (χ1n) is 10.2. The number of hydrogen-bond donors (Lipinski definition) is 2. The minimum Gasteiger partial charge on any atom is -0.378 e. The molecule has 1 fully saturated rings. The van der Waals surface area contributed by atoms with Crippen molar-refractivity contribution in [2.24, 2.45) is 0 Å². The normalized spacial score (nSPS) is 13.6. The van der Waals surface area contributed by atoms with Crippen LogP contribution in [0.2, 0.25) is 0 Å². The first-order valence-corrected chi connectivity index (χ1v) is 10.2. The Hall–Kier alpha value is -3.65. The topological polar surface area (TPSA) is 90.6 Å². The lowest BCUT2D eigenvalue weighted by Crippen LogP contribution is -2.36. The second-order valence-corrected chi connectivity index (χ2v) is 7.39. The fourth-order valence-electron chi connectivity index (χ4n) is 3.46. The molecule has 1 aromatic heterocycles. The maximum absolute atomic E-state index is 12.7. The van der Waals surface area contributed by atoms with E-state index in [2.05, 4.69) is 20.4 Å². The predicted octanol–water partition coefficient (Wildman–Crippen LogP) is 2.62. The molecule has 0 aliphatic carbocycles. The zero-order valence-electron chi connectivity index (χ0n) is 17.4. The highest BCUT2D eigenvalue weighted by Gasteiger charge is 2.18. The van der Waals surface area contributed by atoms with Crippen LogP contribution in [0.1, 0.15) is 10.5 Å². The molecule has 160 valence electrons. The van der Waals surface area contributed by atoms with Crippen LogP contribution in [0.4, 0.5) is 11.4 Å². The summed E-state index contributed by atoms with van der Waals surface area (Å²) in [5.74, 6) is -0.565. The molecular formula is C23H25N5O3. The van der Waals surface area contributed by atoms with Crippen LogP contribution in [0.25, 0.3) is 11.3 Å². The summed E-state index contributed by atoms with van der Waals surface area (Å²) >= 11 is 0. The molecule has 1 aliphatic rings.